The summed E-state index contributed by atoms with van der Waals surface area (Å²) in [5.41, 5.74) is 0.804. The van der Waals surface area contributed by atoms with Gasteiger partial charge in [0.25, 0.3) is 0 Å². The smallest absolute Gasteiger partial charge is 0.135 e. The van der Waals surface area contributed by atoms with Crippen molar-refractivity contribution in [1.29, 1.82) is 0 Å². The highest BCUT2D eigenvalue weighted by molar-refractivity contribution is 5.77. The molecule has 0 unspecified atom stereocenters. The number of rotatable bonds is 4. The fourth-order valence-electron chi connectivity index (χ4n) is 1.27. The van der Waals surface area contributed by atoms with Gasteiger partial charge in [-0.3, -0.25) is 4.79 Å². The van der Waals surface area contributed by atoms with Crippen molar-refractivity contribution in [1.82, 2.24) is 9.97 Å². The average Bonchev–Trinajstić information content (AvgIpc) is 2.16. The van der Waals surface area contributed by atoms with Crippen molar-refractivity contribution < 1.29 is 4.79 Å². The van der Waals surface area contributed by atoms with E-state index < -0.39 is 0 Å². The first-order chi connectivity index (χ1) is 7.02. The zero-order chi connectivity index (χ0) is 11.4. The van der Waals surface area contributed by atoms with Crippen molar-refractivity contribution in [3.05, 3.63) is 17.6 Å². The quantitative estimate of drug-likeness (QED) is 0.745. The first-order valence-electron chi connectivity index (χ1n) is 5.06. The normalized spacial score (nSPS) is 10.1. The second-order valence-electron chi connectivity index (χ2n) is 3.76. The van der Waals surface area contributed by atoms with Gasteiger partial charge < -0.3 is 4.90 Å². The Morgan fingerprint density at radius 1 is 1.40 bits per heavy atom. The zero-order valence-electron chi connectivity index (χ0n) is 9.74. The maximum atomic E-state index is 11.0. The van der Waals surface area contributed by atoms with Gasteiger partial charge in [0.2, 0.25) is 0 Å². The Labute approximate surface area is 90.3 Å². The Morgan fingerprint density at radius 3 is 2.53 bits per heavy atom. The van der Waals surface area contributed by atoms with E-state index in [9.17, 15) is 4.79 Å². The summed E-state index contributed by atoms with van der Waals surface area (Å²) in [7, 11) is 3.86. The van der Waals surface area contributed by atoms with Gasteiger partial charge in [-0.25, -0.2) is 9.97 Å². The first kappa shape index (κ1) is 11.6. The molecule has 0 spiro atoms. The highest BCUT2D eigenvalue weighted by atomic mass is 16.1. The zero-order valence-corrected chi connectivity index (χ0v) is 9.74. The van der Waals surface area contributed by atoms with Crippen LogP contribution in [0.3, 0.4) is 0 Å². The average molecular weight is 207 g/mol. The van der Waals surface area contributed by atoms with Gasteiger partial charge in [0, 0.05) is 33.0 Å². The van der Waals surface area contributed by atoms with Crippen LogP contribution in [0.5, 0.6) is 0 Å². The van der Waals surface area contributed by atoms with E-state index in [4.69, 9.17) is 0 Å². The Morgan fingerprint density at radius 2 is 2.07 bits per heavy atom. The van der Waals surface area contributed by atoms with Crippen LogP contribution in [-0.4, -0.2) is 29.8 Å². The van der Waals surface area contributed by atoms with E-state index in [2.05, 4.69) is 9.97 Å². The summed E-state index contributed by atoms with van der Waals surface area (Å²) >= 11 is 0. The number of nitrogens with zero attached hydrogens (tertiary/aromatic N) is 3. The van der Waals surface area contributed by atoms with Crippen molar-refractivity contribution >= 4 is 11.6 Å². The number of carbonyl (C=O) groups is 1. The van der Waals surface area contributed by atoms with Crippen molar-refractivity contribution in [2.45, 2.75) is 26.7 Å². The maximum Gasteiger partial charge on any atom is 0.135 e. The van der Waals surface area contributed by atoms with Gasteiger partial charge in [0.1, 0.15) is 17.4 Å². The summed E-state index contributed by atoms with van der Waals surface area (Å²) in [6.07, 6.45) is 1.17. The van der Waals surface area contributed by atoms with Crippen molar-refractivity contribution in [3.8, 4) is 0 Å². The van der Waals surface area contributed by atoms with Crippen molar-refractivity contribution in [2.75, 3.05) is 19.0 Å². The molecular formula is C11H17N3O. The molecule has 0 atom stereocenters. The highest BCUT2D eigenvalue weighted by Gasteiger charge is 2.06. The molecule has 0 aliphatic heterocycles. The van der Waals surface area contributed by atoms with Crippen LogP contribution in [0.25, 0.3) is 0 Å². The first-order valence-corrected chi connectivity index (χ1v) is 5.06. The third kappa shape index (κ3) is 3.31. The number of ketones is 1. The Bertz CT molecular complexity index is 361. The SMILES string of the molecule is CCc1nc(CC(C)=O)cc(N(C)C)n1. The summed E-state index contributed by atoms with van der Waals surface area (Å²) in [6, 6.07) is 1.86. The van der Waals surface area contributed by atoms with E-state index >= 15 is 0 Å². The molecule has 0 saturated heterocycles. The largest absolute Gasteiger partial charge is 0.363 e. The second-order valence-corrected chi connectivity index (χ2v) is 3.76. The highest BCUT2D eigenvalue weighted by Crippen LogP contribution is 2.11. The lowest BCUT2D eigenvalue weighted by molar-refractivity contribution is -0.116. The van der Waals surface area contributed by atoms with E-state index in [0.29, 0.717) is 6.42 Å². The molecular weight excluding hydrogens is 190 g/mol. The number of carbonyl (C=O) groups excluding carboxylic acids is 1. The van der Waals surface area contributed by atoms with E-state index in [1.54, 1.807) is 6.92 Å². The van der Waals surface area contributed by atoms with Crippen LogP contribution in [0.1, 0.15) is 25.4 Å². The minimum Gasteiger partial charge on any atom is -0.363 e. The molecule has 82 valence electrons. The van der Waals surface area contributed by atoms with Gasteiger partial charge in [-0.1, -0.05) is 6.92 Å². The predicted octanol–water partition coefficient (Wildman–Crippen LogP) is 1.24. The van der Waals surface area contributed by atoms with Gasteiger partial charge in [-0.2, -0.15) is 0 Å². The lowest BCUT2D eigenvalue weighted by atomic mass is 10.2. The lowest BCUT2D eigenvalue weighted by Gasteiger charge is -2.13. The van der Waals surface area contributed by atoms with Crippen LogP contribution in [0.2, 0.25) is 0 Å². The third-order valence-electron chi connectivity index (χ3n) is 2.02. The maximum absolute atomic E-state index is 11.0. The molecule has 0 radical (unpaired) electrons. The molecule has 4 nitrogen and oxygen atoms in total. The summed E-state index contributed by atoms with van der Waals surface area (Å²) in [5.74, 6) is 1.77. The van der Waals surface area contributed by atoms with E-state index in [-0.39, 0.29) is 5.78 Å². The molecule has 0 aromatic carbocycles. The standard InChI is InChI=1S/C11H17N3O/c1-5-10-12-9(6-8(2)15)7-11(13-10)14(3)4/h7H,5-6H2,1-4H3. The van der Waals surface area contributed by atoms with Crippen LogP contribution in [0.4, 0.5) is 5.82 Å². The summed E-state index contributed by atoms with van der Waals surface area (Å²) < 4.78 is 0. The molecule has 4 heteroatoms. The van der Waals surface area contributed by atoms with E-state index in [1.807, 2.05) is 32.0 Å². The van der Waals surface area contributed by atoms with E-state index in [0.717, 1.165) is 23.8 Å². The molecule has 1 aromatic rings. The molecule has 1 heterocycles. The number of aryl methyl sites for hydroxylation is 1. The van der Waals surface area contributed by atoms with Crippen LogP contribution in [0, 0.1) is 0 Å². The molecule has 0 aliphatic carbocycles. The number of hydrogen-bond acceptors (Lipinski definition) is 4. The van der Waals surface area contributed by atoms with Crippen LogP contribution >= 0.6 is 0 Å². The van der Waals surface area contributed by atoms with Crippen molar-refractivity contribution in [3.63, 3.8) is 0 Å². The summed E-state index contributed by atoms with van der Waals surface area (Å²) in [4.78, 5) is 21.6. The molecule has 0 fully saturated rings. The van der Waals surface area contributed by atoms with Gasteiger partial charge in [0.05, 0.1) is 5.69 Å². The molecule has 15 heavy (non-hydrogen) atoms. The molecule has 0 saturated carbocycles. The Kier molecular flexibility index (Phi) is 3.77. The molecule has 0 aliphatic rings. The molecule has 0 amide bonds. The van der Waals surface area contributed by atoms with Crippen LogP contribution in [0.15, 0.2) is 6.07 Å². The third-order valence-corrected chi connectivity index (χ3v) is 2.02. The van der Waals surface area contributed by atoms with Gasteiger partial charge in [-0.05, 0) is 6.92 Å². The fraction of sp³-hybridized carbons (Fsp3) is 0.545. The van der Waals surface area contributed by atoms with Gasteiger partial charge in [0.15, 0.2) is 0 Å². The van der Waals surface area contributed by atoms with Gasteiger partial charge >= 0.3 is 0 Å². The Balaban J connectivity index is 3.05. The van der Waals surface area contributed by atoms with E-state index in [1.165, 1.54) is 0 Å². The number of anilines is 1. The number of Topliss-reactive ketones (excluding diaryl/α,β-unsaturated/α-hetero) is 1. The predicted molar refractivity (Wildman–Crippen MR) is 60.1 cm³/mol. The monoisotopic (exact) mass is 207 g/mol. The molecule has 1 aromatic heterocycles. The summed E-state index contributed by atoms with van der Waals surface area (Å²) in [6.45, 7) is 3.58. The molecule has 0 N–H and O–H groups in total. The van der Waals surface area contributed by atoms with Crippen LogP contribution < -0.4 is 4.90 Å². The summed E-state index contributed by atoms with van der Waals surface area (Å²) in [5, 5.41) is 0. The van der Waals surface area contributed by atoms with Gasteiger partial charge in [-0.15, -0.1) is 0 Å². The lowest BCUT2D eigenvalue weighted by Crippen LogP contribution is -2.14. The Hall–Kier alpha value is -1.45. The topological polar surface area (TPSA) is 46.1 Å². The molecule has 0 bridgehead atoms. The van der Waals surface area contributed by atoms with Crippen molar-refractivity contribution in [2.24, 2.45) is 0 Å². The minimum absolute atomic E-state index is 0.125. The van der Waals surface area contributed by atoms with Crippen LogP contribution in [-0.2, 0) is 17.6 Å². The minimum atomic E-state index is 0.125. The fourth-order valence-corrected chi connectivity index (χ4v) is 1.27. The second kappa shape index (κ2) is 4.87. The molecule has 1 rings (SSSR count). The number of aromatic nitrogens is 2. The number of hydrogen-bond donors (Lipinski definition) is 0.